The molecule has 21 heavy (non-hydrogen) atoms. The largest absolute Gasteiger partial charge is 0.405 e. The highest BCUT2D eigenvalue weighted by Gasteiger charge is 2.31. The summed E-state index contributed by atoms with van der Waals surface area (Å²) in [4.78, 5) is 5.51. The number of aromatic nitrogens is 1. The van der Waals surface area contributed by atoms with Crippen molar-refractivity contribution in [3.8, 4) is 0 Å². The van der Waals surface area contributed by atoms with E-state index in [9.17, 15) is 13.2 Å². The Kier molecular flexibility index (Phi) is 4.67. The minimum atomic E-state index is -4.26. The highest BCUT2D eigenvalue weighted by Crippen LogP contribution is 2.29. The van der Waals surface area contributed by atoms with Crippen molar-refractivity contribution in [3.63, 3.8) is 0 Å². The lowest BCUT2D eigenvalue weighted by atomic mass is 10.1. The van der Waals surface area contributed by atoms with Crippen molar-refractivity contribution in [1.29, 1.82) is 0 Å². The van der Waals surface area contributed by atoms with Crippen LogP contribution in [0.15, 0.2) is 30.5 Å². The van der Waals surface area contributed by atoms with Gasteiger partial charge in [-0.1, -0.05) is 31.2 Å². The third kappa shape index (κ3) is 3.64. The SMILES string of the molecule is CCCN(CC(F)(F)F)c1ncc(CN)c2ccccc12. The van der Waals surface area contributed by atoms with Crippen LogP contribution >= 0.6 is 0 Å². The normalized spacial score (nSPS) is 11.9. The van der Waals surface area contributed by atoms with E-state index in [1.54, 1.807) is 18.3 Å². The van der Waals surface area contributed by atoms with Gasteiger partial charge in [0.25, 0.3) is 0 Å². The molecule has 2 N–H and O–H groups in total. The molecular weight excluding hydrogens is 279 g/mol. The topological polar surface area (TPSA) is 42.2 Å². The molecule has 6 heteroatoms. The number of alkyl halides is 3. The third-order valence-corrected chi connectivity index (χ3v) is 3.24. The number of pyridine rings is 1. The fourth-order valence-corrected chi connectivity index (χ4v) is 2.40. The summed E-state index contributed by atoms with van der Waals surface area (Å²) >= 11 is 0. The van der Waals surface area contributed by atoms with Crippen molar-refractivity contribution < 1.29 is 13.2 Å². The lowest BCUT2D eigenvalue weighted by Gasteiger charge is -2.26. The zero-order valence-electron chi connectivity index (χ0n) is 11.8. The van der Waals surface area contributed by atoms with Crippen LogP contribution in [-0.4, -0.2) is 24.2 Å². The van der Waals surface area contributed by atoms with Gasteiger partial charge in [0.2, 0.25) is 0 Å². The molecule has 2 aromatic rings. The Labute approximate surface area is 121 Å². The molecule has 0 aliphatic carbocycles. The van der Waals surface area contributed by atoms with E-state index in [2.05, 4.69) is 4.98 Å². The number of fused-ring (bicyclic) bond motifs is 1. The molecule has 0 amide bonds. The molecule has 0 spiro atoms. The van der Waals surface area contributed by atoms with E-state index < -0.39 is 12.7 Å². The summed E-state index contributed by atoms with van der Waals surface area (Å²) in [6.07, 6.45) is -2.08. The number of rotatable bonds is 5. The number of halogens is 3. The van der Waals surface area contributed by atoms with E-state index in [0.717, 1.165) is 10.9 Å². The molecule has 0 atom stereocenters. The van der Waals surface area contributed by atoms with Crippen molar-refractivity contribution in [2.75, 3.05) is 18.0 Å². The van der Waals surface area contributed by atoms with Crippen LogP contribution < -0.4 is 10.6 Å². The van der Waals surface area contributed by atoms with Gasteiger partial charge < -0.3 is 10.6 Å². The number of nitrogens with zero attached hydrogens (tertiary/aromatic N) is 2. The Bertz CT molecular complexity index is 611. The zero-order valence-corrected chi connectivity index (χ0v) is 11.8. The monoisotopic (exact) mass is 297 g/mol. The first kappa shape index (κ1) is 15.6. The van der Waals surface area contributed by atoms with Gasteiger partial charge in [0.15, 0.2) is 0 Å². The highest BCUT2D eigenvalue weighted by molar-refractivity contribution is 5.94. The third-order valence-electron chi connectivity index (χ3n) is 3.24. The van der Waals surface area contributed by atoms with Crippen LogP contribution in [0.2, 0.25) is 0 Å². The Morgan fingerprint density at radius 1 is 1.19 bits per heavy atom. The molecule has 3 nitrogen and oxygen atoms in total. The first-order chi connectivity index (χ1) is 9.96. The predicted molar refractivity (Wildman–Crippen MR) is 78.2 cm³/mol. The zero-order chi connectivity index (χ0) is 15.5. The second-order valence-electron chi connectivity index (χ2n) is 4.89. The molecule has 1 aromatic carbocycles. The van der Waals surface area contributed by atoms with Crippen LogP contribution in [0.4, 0.5) is 19.0 Å². The Morgan fingerprint density at radius 3 is 2.43 bits per heavy atom. The molecule has 0 saturated heterocycles. The fraction of sp³-hybridized carbons (Fsp3) is 0.400. The Morgan fingerprint density at radius 2 is 1.86 bits per heavy atom. The molecule has 1 heterocycles. The second-order valence-corrected chi connectivity index (χ2v) is 4.89. The summed E-state index contributed by atoms with van der Waals surface area (Å²) in [7, 11) is 0. The summed E-state index contributed by atoms with van der Waals surface area (Å²) < 4.78 is 38.3. The number of benzene rings is 1. The number of hydrogen-bond donors (Lipinski definition) is 1. The molecule has 1 aromatic heterocycles. The average Bonchev–Trinajstić information content (AvgIpc) is 2.44. The standard InChI is InChI=1S/C15H18F3N3/c1-2-7-21(10-15(16,17)18)14-13-6-4-3-5-12(13)11(8-19)9-20-14/h3-6,9H,2,7-8,10,19H2,1H3. The summed E-state index contributed by atoms with van der Waals surface area (Å²) in [6, 6.07) is 7.29. The van der Waals surface area contributed by atoms with Gasteiger partial charge in [-0.05, 0) is 17.4 Å². The fourth-order valence-electron chi connectivity index (χ4n) is 2.40. The molecule has 2 rings (SSSR count). The van der Waals surface area contributed by atoms with Gasteiger partial charge in [0, 0.05) is 24.7 Å². The maximum absolute atomic E-state index is 12.8. The molecule has 0 aliphatic rings. The lowest BCUT2D eigenvalue weighted by Crippen LogP contribution is -2.35. The number of nitrogens with two attached hydrogens (primary N) is 1. The van der Waals surface area contributed by atoms with E-state index in [1.807, 2.05) is 19.1 Å². The van der Waals surface area contributed by atoms with Gasteiger partial charge in [-0.15, -0.1) is 0 Å². The van der Waals surface area contributed by atoms with E-state index in [1.165, 1.54) is 4.90 Å². The molecular formula is C15H18F3N3. The van der Waals surface area contributed by atoms with Crippen molar-refractivity contribution in [1.82, 2.24) is 4.98 Å². The van der Waals surface area contributed by atoms with Crippen LogP contribution in [0.5, 0.6) is 0 Å². The van der Waals surface area contributed by atoms with Crippen LogP contribution in [-0.2, 0) is 6.54 Å². The van der Waals surface area contributed by atoms with E-state index >= 15 is 0 Å². The van der Waals surface area contributed by atoms with Gasteiger partial charge in [-0.25, -0.2) is 4.98 Å². The van der Waals surface area contributed by atoms with Crippen LogP contribution in [0.3, 0.4) is 0 Å². The second kappa shape index (κ2) is 6.30. The first-order valence-corrected chi connectivity index (χ1v) is 6.84. The van der Waals surface area contributed by atoms with Crippen LogP contribution in [0.1, 0.15) is 18.9 Å². The number of hydrogen-bond acceptors (Lipinski definition) is 3. The average molecular weight is 297 g/mol. The first-order valence-electron chi connectivity index (χ1n) is 6.84. The van der Waals surface area contributed by atoms with Gasteiger partial charge >= 0.3 is 6.18 Å². The maximum Gasteiger partial charge on any atom is 0.405 e. The van der Waals surface area contributed by atoms with Gasteiger partial charge in [0.1, 0.15) is 12.4 Å². The Balaban J connectivity index is 2.52. The molecule has 114 valence electrons. The Hall–Kier alpha value is -1.82. The predicted octanol–water partition coefficient (Wildman–Crippen LogP) is 3.47. The lowest BCUT2D eigenvalue weighted by molar-refractivity contribution is -0.119. The van der Waals surface area contributed by atoms with Crippen LogP contribution in [0, 0.1) is 0 Å². The quantitative estimate of drug-likeness (QED) is 0.919. The minimum Gasteiger partial charge on any atom is -0.347 e. The molecule has 0 aliphatic heterocycles. The van der Waals surface area contributed by atoms with Gasteiger partial charge in [0.05, 0.1) is 0 Å². The molecule has 0 fully saturated rings. The van der Waals surface area contributed by atoms with Gasteiger partial charge in [-0.3, -0.25) is 0 Å². The van der Waals surface area contributed by atoms with Crippen molar-refractivity contribution in [3.05, 3.63) is 36.0 Å². The summed E-state index contributed by atoms with van der Waals surface area (Å²) in [5.74, 6) is 0.363. The van der Waals surface area contributed by atoms with E-state index in [-0.39, 0.29) is 0 Å². The summed E-state index contributed by atoms with van der Waals surface area (Å²) in [5, 5.41) is 1.56. The number of anilines is 1. The summed E-state index contributed by atoms with van der Waals surface area (Å²) in [5.41, 5.74) is 6.50. The maximum atomic E-state index is 12.8. The summed E-state index contributed by atoms with van der Waals surface area (Å²) in [6.45, 7) is 1.46. The molecule has 0 bridgehead atoms. The van der Waals surface area contributed by atoms with Crippen molar-refractivity contribution in [2.45, 2.75) is 26.1 Å². The van der Waals surface area contributed by atoms with Crippen molar-refractivity contribution >= 4 is 16.6 Å². The van der Waals surface area contributed by atoms with Crippen molar-refractivity contribution in [2.24, 2.45) is 5.73 Å². The smallest absolute Gasteiger partial charge is 0.347 e. The van der Waals surface area contributed by atoms with E-state index in [4.69, 9.17) is 5.73 Å². The van der Waals surface area contributed by atoms with Crippen LogP contribution in [0.25, 0.3) is 10.8 Å². The molecule has 0 unspecified atom stereocenters. The molecule has 0 saturated carbocycles. The highest BCUT2D eigenvalue weighted by atomic mass is 19.4. The minimum absolute atomic E-state index is 0.304. The van der Waals surface area contributed by atoms with E-state index in [0.29, 0.717) is 30.7 Å². The van der Waals surface area contributed by atoms with Gasteiger partial charge in [-0.2, -0.15) is 13.2 Å². The molecule has 0 radical (unpaired) electrons.